The van der Waals surface area contributed by atoms with Crippen molar-refractivity contribution in [3.05, 3.63) is 59.5 Å². The maximum absolute atomic E-state index is 12.8. The van der Waals surface area contributed by atoms with Gasteiger partial charge in [-0.05, 0) is 69.5 Å². The van der Waals surface area contributed by atoms with Gasteiger partial charge in [0, 0.05) is 30.6 Å². The van der Waals surface area contributed by atoms with Gasteiger partial charge >= 0.3 is 0 Å². The lowest BCUT2D eigenvalue weighted by atomic mass is 9.92. The summed E-state index contributed by atoms with van der Waals surface area (Å²) in [6.45, 7) is 5.97. The van der Waals surface area contributed by atoms with E-state index in [0.29, 0.717) is 12.6 Å². The lowest BCUT2D eigenvalue weighted by molar-refractivity contribution is -0.127. The van der Waals surface area contributed by atoms with Gasteiger partial charge in [-0.1, -0.05) is 18.2 Å². The Morgan fingerprint density at radius 2 is 1.73 bits per heavy atom. The highest BCUT2D eigenvalue weighted by atomic mass is 16.3. The van der Waals surface area contributed by atoms with Gasteiger partial charge in [0.2, 0.25) is 5.91 Å². The predicted molar refractivity (Wildman–Crippen MR) is 115 cm³/mol. The zero-order chi connectivity index (χ0) is 20.9. The number of aryl methyl sites for hydroxylation is 1. The zero-order valence-corrected chi connectivity index (χ0v) is 17.7. The quantitative estimate of drug-likeness (QED) is 0.824. The number of likely N-dealkylation sites (tertiary alicyclic amines) is 2. The third kappa shape index (κ3) is 4.75. The van der Waals surface area contributed by atoms with Crippen LogP contribution in [0.2, 0.25) is 0 Å². The molecule has 0 aliphatic carbocycles. The second kappa shape index (κ2) is 9.47. The fourth-order valence-electron chi connectivity index (χ4n) is 4.68. The van der Waals surface area contributed by atoms with Gasteiger partial charge in [0.1, 0.15) is 5.76 Å². The molecule has 0 bridgehead atoms. The first-order valence-electron chi connectivity index (χ1n) is 11.0. The molecule has 0 saturated carbocycles. The molecular formula is C24H31N3O3. The second-order valence-electron chi connectivity index (χ2n) is 8.45. The van der Waals surface area contributed by atoms with Crippen LogP contribution >= 0.6 is 0 Å². The van der Waals surface area contributed by atoms with Gasteiger partial charge in [0.25, 0.3) is 5.91 Å². The van der Waals surface area contributed by atoms with Gasteiger partial charge in [0.05, 0.1) is 12.8 Å². The van der Waals surface area contributed by atoms with Crippen molar-refractivity contribution in [1.82, 2.24) is 15.1 Å². The van der Waals surface area contributed by atoms with Gasteiger partial charge in [0.15, 0.2) is 0 Å². The summed E-state index contributed by atoms with van der Waals surface area (Å²) in [6, 6.07) is 12.0. The predicted octanol–water partition coefficient (Wildman–Crippen LogP) is 3.22. The summed E-state index contributed by atoms with van der Waals surface area (Å²) in [7, 11) is 0. The minimum absolute atomic E-state index is 0.0823. The van der Waals surface area contributed by atoms with Gasteiger partial charge in [-0.15, -0.1) is 0 Å². The third-order valence-electron chi connectivity index (χ3n) is 6.56. The van der Waals surface area contributed by atoms with Crippen molar-refractivity contribution in [2.45, 2.75) is 45.2 Å². The third-order valence-corrected chi connectivity index (χ3v) is 6.56. The molecule has 1 N–H and O–H groups in total. The molecule has 6 nitrogen and oxygen atoms in total. The number of rotatable bonds is 5. The molecule has 1 aromatic heterocycles. The Labute approximate surface area is 178 Å². The van der Waals surface area contributed by atoms with Crippen molar-refractivity contribution in [3.63, 3.8) is 0 Å². The molecule has 6 heteroatoms. The molecule has 2 aromatic rings. The molecule has 0 unspecified atom stereocenters. The van der Waals surface area contributed by atoms with E-state index in [9.17, 15) is 9.59 Å². The highest BCUT2D eigenvalue weighted by Gasteiger charge is 2.32. The van der Waals surface area contributed by atoms with Crippen molar-refractivity contribution >= 4 is 11.8 Å². The van der Waals surface area contributed by atoms with E-state index < -0.39 is 0 Å². The van der Waals surface area contributed by atoms with Crippen LogP contribution in [0, 0.1) is 12.8 Å². The van der Waals surface area contributed by atoms with Crippen LogP contribution in [0.15, 0.2) is 47.1 Å². The maximum Gasteiger partial charge on any atom is 0.254 e. The van der Waals surface area contributed by atoms with Crippen LogP contribution in [0.5, 0.6) is 0 Å². The lowest BCUT2D eigenvalue weighted by Crippen LogP contribution is -2.50. The number of carbonyl (C=O) groups is 2. The van der Waals surface area contributed by atoms with Crippen molar-refractivity contribution in [3.8, 4) is 0 Å². The molecule has 30 heavy (non-hydrogen) atoms. The molecule has 1 aromatic carbocycles. The number of nitrogens with one attached hydrogen (secondary N) is 1. The highest BCUT2D eigenvalue weighted by Crippen LogP contribution is 2.25. The first-order chi connectivity index (χ1) is 14.6. The largest absolute Gasteiger partial charge is 0.467 e. The van der Waals surface area contributed by atoms with Gasteiger partial charge in [-0.3, -0.25) is 9.59 Å². The summed E-state index contributed by atoms with van der Waals surface area (Å²) in [5.41, 5.74) is 1.86. The minimum Gasteiger partial charge on any atom is -0.467 e. The van der Waals surface area contributed by atoms with E-state index in [0.717, 1.165) is 68.7 Å². The van der Waals surface area contributed by atoms with Crippen molar-refractivity contribution < 1.29 is 14.0 Å². The Hall–Kier alpha value is -2.60. The summed E-state index contributed by atoms with van der Waals surface area (Å²) < 4.78 is 5.28. The maximum atomic E-state index is 12.8. The Morgan fingerprint density at radius 1 is 1.00 bits per heavy atom. The fraction of sp³-hybridized carbons (Fsp3) is 0.500. The highest BCUT2D eigenvalue weighted by molar-refractivity contribution is 5.95. The summed E-state index contributed by atoms with van der Waals surface area (Å²) in [4.78, 5) is 29.8. The molecule has 160 valence electrons. The van der Waals surface area contributed by atoms with Crippen LogP contribution in [0.4, 0.5) is 0 Å². The van der Waals surface area contributed by atoms with E-state index in [2.05, 4.69) is 10.2 Å². The second-order valence-corrected chi connectivity index (χ2v) is 8.45. The summed E-state index contributed by atoms with van der Waals surface area (Å²) in [5.74, 6) is 1.15. The van der Waals surface area contributed by atoms with Crippen LogP contribution in [0.3, 0.4) is 0 Å². The molecule has 2 fully saturated rings. The number of hydrogen-bond donors (Lipinski definition) is 1. The first-order valence-corrected chi connectivity index (χ1v) is 11.0. The average Bonchev–Trinajstić information content (AvgIpc) is 3.31. The zero-order valence-electron chi connectivity index (χ0n) is 17.7. The Balaban J connectivity index is 1.21. The first kappa shape index (κ1) is 20.7. The SMILES string of the molecule is Cc1ccccc1C(=O)N1CCC(N2CCC(C(=O)NCc3ccco3)CC2)CC1. The molecule has 3 heterocycles. The van der Waals surface area contributed by atoms with Crippen LogP contribution in [-0.4, -0.2) is 53.8 Å². The van der Waals surface area contributed by atoms with E-state index in [1.807, 2.05) is 48.2 Å². The fourth-order valence-corrected chi connectivity index (χ4v) is 4.68. The van der Waals surface area contributed by atoms with Gasteiger partial charge in [-0.25, -0.2) is 0 Å². The molecule has 4 rings (SSSR count). The van der Waals surface area contributed by atoms with Crippen LogP contribution in [0.1, 0.15) is 47.4 Å². The summed E-state index contributed by atoms with van der Waals surface area (Å²) in [6.07, 6.45) is 5.43. The van der Waals surface area contributed by atoms with Crippen molar-refractivity contribution in [2.75, 3.05) is 26.2 Å². The van der Waals surface area contributed by atoms with Crippen LogP contribution < -0.4 is 5.32 Å². The Bertz CT molecular complexity index is 848. The number of amides is 2. The van der Waals surface area contributed by atoms with E-state index in [-0.39, 0.29) is 17.7 Å². The molecule has 2 aliphatic heterocycles. The van der Waals surface area contributed by atoms with E-state index in [1.165, 1.54) is 0 Å². The molecule has 2 saturated heterocycles. The smallest absolute Gasteiger partial charge is 0.254 e. The number of benzene rings is 1. The molecular weight excluding hydrogens is 378 g/mol. The number of furan rings is 1. The topological polar surface area (TPSA) is 65.8 Å². The number of nitrogens with zero attached hydrogens (tertiary/aromatic N) is 2. The number of piperidine rings is 2. The van der Waals surface area contributed by atoms with E-state index in [4.69, 9.17) is 4.42 Å². The lowest BCUT2D eigenvalue weighted by Gasteiger charge is -2.41. The molecule has 0 radical (unpaired) electrons. The number of hydrogen-bond acceptors (Lipinski definition) is 4. The van der Waals surface area contributed by atoms with Gasteiger partial charge < -0.3 is 19.5 Å². The minimum atomic E-state index is 0.0823. The monoisotopic (exact) mass is 409 g/mol. The average molecular weight is 410 g/mol. The van der Waals surface area contributed by atoms with Crippen LogP contribution in [-0.2, 0) is 11.3 Å². The molecule has 2 aliphatic rings. The number of carbonyl (C=O) groups excluding carboxylic acids is 2. The molecule has 2 amide bonds. The molecule has 0 spiro atoms. The molecule has 0 atom stereocenters. The van der Waals surface area contributed by atoms with Gasteiger partial charge in [-0.2, -0.15) is 0 Å². The Morgan fingerprint density at radius 3 is 2.40 bits per heavy atom. The normalized spacial score (nSPS) is 19.0. The van der Waals surface area contributed by atoms with E-state index >= 15 is 0 Å². The Kier molecular flexibility index (Phi) is 6.53. The van der Waals surface area contributed by atoms with Crippen molar-refractivity contribution in [2.24, 2.45) is 5.92 Å². The van der Waals surface area contributed by atoms with Crippen LogP contribution in [0.25, 0.3) is 0 Å². The summed E-state index contributed by atoms with van der Waals surface area (Å²) >= 11 is 0. The van der Waals surface area contributed by atoms with Crippen molar-refractivity contribution in [1.29, 1.82) is 0 Å². The van der Waals surface area contributed by atoms with E-state index in [1.54, 1.807) is 6.26 Å². The summed E-state index contributed by atoms with van der Waals surface area (Å²) in [5, 5.41) is 2.99. The standard InChI is InChI=1S/C24H31N3O3/c1-18-5-2-3-7-22(18)24(29)27-14-10-20(11-15-27)26-12-8-19(9-13-26)23(28)25-17-21-6-4-16-30-21/h2-7,16,19-20H,8-15,17H2,1H3,(H,25,28).